The molecule has 2 aromatic rings. The number of nitrogens with zero attached hydrogens (tertiary/aromatic N) is 1. The third kappa shape index (κ3) is 2.67. The van der Waals surface area contributed by atoms with Crippen molar-refractivity contribution in [2.75, 3.05) is 0 Å². The van der Waals surface area contributed by atoms with Gasteiger partial charge in [-0.2, -0.15) is 0 Å². The van der Waals surface area contributed by atoms with Crippen molar-refractivity contribution >= 4 is 15.9 Å². The number of H-pyrrole nitrogens is 1. The lowest BCUT2D eigenvalue weighted by atomic mass is 10.1. The maximum absolute atomic E-state index is 13.2. The summed E-state index contributed by atoms with van der Waals surface area (Å²) in [6.07, 6.45) is 0. The molecule has 0 aliphatic carbocycles. The van der Waals surface area contributed by atoms with E-state index in [1.165, 1.54) is 12.1 Å². The van der Waals surface area contributed by atoms with Crippen LogP contribution in [0.5, 0.6) is 0 Å². The van der Waals surface area contributed by atoms with Crippen LogP contribution in [0, 0.1) is 5.82 Å². The molecule has 0 spiro atoms. The minimum absolute atomic E-state index is 0.162. The van der Waals surface area contributed by atoms with Crippen LogP contribution in [0.1, 0.15) is 25.5 Å². The van der Waals surface area contributed by atoms with E-state index in [1.54, 1.807) is 12.1 Å². The van der Waals surface area contributed by atoms with Gasteiger partial charge in [0.1, 0.15) is 11.6 Å². The van der Waals surface area contributed by atoms with Gasteiger partial charge in [-0.05, 0) is 40.0 Å². The Hall–Kier alpha value is -1.49. The summed E-state index contributed by atoms with van der Waals surface area (Å²) in [7, 11) is 0. The van der Waals surface area contributed by atoms with Gasteiger partial charge in [0.25, 0.3) is 5.56 Å². The molecule has 18 heavy (non-hydrogen) atoms. The Kier molecular flexibility index (Phi) is 3.61. The van der Waals surface area contributed by atoms with Gasteiger partial charge in [0, 0.05) is 11.6 Å². The lowest BCUT2D eigenvalue weighted by Gasteiger charge is -2.07. The molecule has 2 rings (SSSR count). The number of aromatic amines is 1. The van der Waals surface area contributed by atoms with Crippen LogP contribution in [0.4, 0.5) is 4.39 Å². The first-order chi connectivity index (χ1) is 8.47. The van der Waals surface area contributed by atoms with Crippen molar-refractivity contribution in [2.45, 2.75) is 19.8 Å². The predicted octanol–water partition coefficient (Wildman–Crippen LogP) is 3.46. The molecule has 1 aromatic heterocycles. The molecule has 0 saturated carbocycles. The molecule has 1 heterocycles. The van der Waals surface area contributed by atoms with Crippen molar-refractivity contribution in [1.29, 1.82) is 0 Å². The number of nitrogens with one attached hydrogen (secondary N) is 1. The minimum Gasteiger partial charge on any atom is -0.307 e. The van der Waals surface area contributed by atoms with Crippen LogP contribution >= 0.6 is 15.9 Å². The average molecular weight is 311 g/mol. The number of benzene rings is 1. The number of hydrogen-bond donors (Lipinski definition) is 1. The van der Waals surface area contributed by atoms with Gasteiger partial charge in [0.05, 0.1) is 10.2 Å². The standard InChI is InChI=1S/C13H12BrFN2O/c1-7(2)11-6-12(18)17-13(16-11)8-3-4-10(15)9(14)5-8/h3-7H,1-2H3,(H,16,17,18). The Morgan fingerprint density at radius 1 is 1.33 bits per heavy atom. The van der Waals surface area contributed by atoms with Gasteiger partial charge < -0.3 is 4.98 Å². The number of halogens is 2. The fourth-order valence-electron chi connectivity index (χ4n) is 1.55. The van der Waals surface area contributed by atoms with E-state index in [2.05, 4.69) is 25.9 Å². The molecular weight excluding hydrogens is 299 g/mol. The summed E-state index contributed by atoms with van der Waals surface area (Å²) in [5.74, 6) is 0.267. The zero-order chi connectivity index (χ0) is 13.3. The maximum atomic E-state index is 13.2. The second-order valence-electron chi connectivity index (χ2n) is 4.30. The number of aromatic nitrogens is 2. The molecule has 1 N–H and O–H groups in total. The van der Waals surface area contributed by atoms with Crippen LogP contribution < -0.4 is 5.56 Å². The summed E-state index contributed by atoms with van der Waals surface area (Å²) < 4.78 is 13.5. The van der Waals surface area contributed by atoms with Gasteiger partial charge >= 0.3 is 0 Å². The molecular formula is C13H12BrFN2O. The number of rotatable bonds is 2. The highest BCUT2D eigenvalue weighted by atomic mass is 79.9. The molecule has 5 heteroatoms. The van der Waals surface area contributed by atoms with Gasteiger partial charge in [-0.3, -0.25) is 4.79 Å². The third-order valence-corrected chi connectivity index (χ3v) is 3.15. The monoisotopic (exact) mass is 310 g/mol. The molecule has 0 fully saturated rings. The molecule has 0 saturated heterocycles. The van der Waals surface area contributed by atoms with Crippen molar-refractivity contribution in [3.63, 3.8) is 0 Å². The lowest BCUT2D eigenvalue weighted by Crippen LogP contribution is -2.11. The molecule has 0 radical (unpaired) electrons. The maximum Gasteiger partial charge on any atom is 0.251 e. The van der Waals surface area contributed by atoms with Crippen LogP contribution in [-0.2, 0) is 0 Å². The zero-order valence-electron chi connectivity index (χ0n) is 10.00. The topological polar surface area (TPSA) is 45.8 Å². The van der Waals surface area contributed by atoms with Gasteiger partial charge in [-0.15, -0.1) is 0 Å². The SMILES string of the molecule is CC(C)c1cc(=O)[nH]c(-c2ccc(F)c(Br)c2)n1. The normalized spacial score (nSPS) is 10.9. The van der Waals surface area contributed by atoms with Gasteiger partial charge in [-0.25, -0.2) is 9.37 Å². The van der Waals surface area contributed by atoms with Crippen molar-refractivity contribution in [3.8, 4) is 11.4 Å². The van der Waals surface area contributed by atoms with E-state index in [0.29, 0.717) is 21.6 Å². The molecule has 0 unspecified atom stereocenters. The van der Waals surface area contributed by atoms with Crippen LogP contribution in [0.3, 0.4) is 0 Å². The highest BCUT2D eigenvalue weighted by Crippen LogP contribution is 2.23. The quantitative estimate of drug-likeness (QED) is 0.923. The van der Waals surface area contributed by atoms with Crippen molar-refractivity contribution in [3.05, 3.63) is 50.6 Å². The first-order valence-corrected chi connectivity index (χ1v) is 6.33. The summed E-state index contributed by atoms with van der Waals surface area (Å²) in [5, 5.41) is 0. The fraction of sp³-hybridized carbons (Fsp3) is 0.231. The Morgan fingerprint density at radius 3 is 2.67 bits per heavy atom. The van der Waals surface area contributed by atoms with Crippen LogP contribution in [0.15, 0.2) is 33.5 Å². The lowest BCUT2D eigenvalue weighted by molar-refractivity contribution is 0.621. The molecule has 0 aliphatic rings. The smallest absolute Gasteiger partial charge is 0.251 e. The molecule has 0 atom stereocenters. The Bertz CT molecular complexity index is 637. The first-order valence-electron chi connectivity index (χ1n) is 5.54. The Morgan fingerprint density at radius 2 is 2.06 bits per heavy atom. The van der Waals surface area contributed by atoms with Gasteiger partial charge in [-0.1, -0.05) is 13.8 Å². The third-order valence-electron chi connectivity index (χ3n) is 2.55. The summed E-state index contributed by atoms with van der Waals surface area (Å²) in [6.45, 7) is 3.93. The van der Waals surface area contributed by atoms with Crippen LogP contribution in [0.2, 0.25) is 0 Å². The van der Waals surface area contributed by atoms with Crippen molar-refractivity contribution in [1.82, 2.24) is 9.97 Å². The molecule has 0 amide bonds. The molecule has 0 bridgehead atoms. The molecule has 1 aromatic carbocycles. The Balaban J connectivity index is 2.56. The van der Waals surface area contributed by atoms with E-state index >= 15 is 0 Å². The minimum atomic E-state index is -0.346. The van der Waals surface area contributed by atoms with Gasteiger partial charge in [0.2, 0.25) is 0 Å². The highest BCUT2D eigenvalue weighted by molar-refractivity contribution is 9.10. The first kappa shape index (κ1) is 13.0. The van der Waals surface area contributed by atoms with Crippen LogP contribution in [-0.4, -0.2) is 9.97 Å². The van der Waals surface area contributed by atoms with Crippen molar-refractivity contribution < 1.29 is 4.39 Å². The van der Waals surface area contributed by atoms with E-state index in [1.807, 2.05) is 13.8 Å². The second kappa shape index (κ2) is 5.02. The van der Waals surface area contributed by atoms with E-state index in [-0.39, 0.29) is 17.3 Å². The van der Waals surface area contributed by atoms with Crippen molar-refractivity contribution in [2.24, 2.45) is 0 Å². The summed E-state index contributed by atoms with van der Waals surface area (Å²) in [4.78, 5) is 18.6. The summed E-state index contributed by atoms with van der Waals surface area (Å²) in [5.41, 5.74) is 1.18. The predicted molar refractivity (Wildman–Crippen MR) is 72.0 cm³/mol. The second-order valence-corrected chi connectivity index (χ2v) is 5.16. The molecule has 94 valence electrons. The summed E-state index contributed by atoms with van der Waals surface area (Å²) >= 11 is 3.11. The number of hydrogen-bond acceptors (Lipinski definition) is 2. The van der Waals surface area contributed by atoms with Gasteiger partial charge in [0.15, 0.2) is 0 Å². The fourth-order valence-corrected chi connectivity index (χ4v) is 1.93. The van der Waals surface area contributed by atoms with E-state index in [4.69, 9.17) is 0 Å². The zero-order valence-corrected chi connectivity index (χ0v) is 11.6. The largest absolute Gasteiger partial charge is 0.307 e. The van der Waals surface area contributed by atoms with E-state index in [9.17, 15) is 9.18 Å². The molecule has 0 aliphatic heterocycles. The average Bonchev–Trinajstić information content (AvgIpc) is 2.31. The molecule has 3 nitrogen and oxygen atoms in total. The summed E-state index contributed by atoms with van der Waals surface area (Å²) in [6, 6.07) is 5.99. The highest BCUT2D eigenvalue weighted by Gasteiger charge is 2.08. The van der Waals surface area contributed by atoms with Crippen LogP contribution in [0.25, 0.3) is 11.4 Å². The Labute approximate surface area is 112 Å². The van der Waals surface area contributed by atoms with E-state index < -0.39 is 0 Å². The van der Waals surface area contributed by atoms with E-state index in [0.717, 1.165) is 0 Å².